The van der Waals surface area contributed by atoms with Crippen molar-refractivity contribution in [2.75, 3.05) is 5.32 Å². The Morgan fingerprint density at radius 1 is 1.16 bits per heavy atom. The standard InChI is InChI=1S/C19H22N2O3S/c1-4-17(14-7-5-12(2)6-8-14)21-25(23,24)15-9-10-18-16(11-15)13(3)19(22)20-18/h5-11,13,17,21H,4H2,1-3H3,(H,20,22)/t13-,17+/m1/s1. The Morgan fingerprint density at radius 3 is 2.48 bits per heavy atom. The van der Waals surface area contributed by atoms with Crippen molar-refractivity contribution in [3.05, 3.63) is 59.2 Å². The lowest BCUT2D eigenvalue weighted by molar-refractivity contribution is -0.116. The smallest absolute Gasteiger partial charge is 0.241 e. The Bertz CT molecular complexity index is 905. The predicted molar refractivity (Wildman–Crippen MR) is 98.0 cm³/mol. The van der Waals surface area contributed by atoms with Crippen LogP contribution in [0.15, 0.2) is 47.4 Å². The minimum atomic E-state index is -3.68. The number of aryl methyl sites for hydroxylation is 1. The lowest BCUT2D eigenvalue weighted by Gasteiger charge is -2.18. The van der Waals surface area contributed by atoms with Crippen LogP contribution < -0.4 is 10.0 Å². The van der Waals surface area contributed by atoms with Crippen molar-refractivity contribution < 1.29 is 13.2 Å². The number of carbonyl (C=O) groups excluding carboxylic acids is 1. The van der Waals surface area contributed by atoms with Gasteiger partial charge < -0.3 is 5.32 Å². The van der Waals surface area contributed by atoms with Crippen molar-refractivity contribution in [1.29, 1.82) is 0 Å². The molecule has 1 aliphatic heterocycles. The van der Waals surface area contributed by atoms with E-state index >= 15 is 0 Å². The molecule has 1 heterocycles. The number of hydrogen-bond donors (Lipinski definition) is 2. The molecule has 3 rings (SSSR count). The van der Waals surface area contributed by atoms with E-state index in [4.69, 9.17) is 0 Å². The Morgan fingerprint density at radius 2 is 1.84 bits per heavy atom. The van der Waals surface area contributed by atoms with Gasteiger partial charge in [0.2, 0.25) is 15.9 Å². The highest BCUT2D eigenvalue weighted by atomic mass is 32.2. The van der Waals surface area contributed by atoms with Crippen molar-refractivity contribution in [1.82, 2.24) is 4.72 Å². The molecule has 2 aromatic rings. The van der Waals surface area contributed by atoms with Crippen LogP contribution in [0.3, 0.4) is 0 Å². The molecule has 1 aliphatic rings. The third kappa shape index (κ3) is 3.45. The summed E-state index contributed by atoms with van der Waals surface area (Å²) in [4.78, 5) is 11.9. The molecule has 1 amide bonds. The van der Waals surface area contributed by atoms with Gasteiger partial charge >= 0.3 is 0 Å². The van der Waals surface area contributed by atoms with Crippen LogP contribution in [-0.2, 0) is 14.8 Å². The molecule has 0 fully saturated rings. The van der Waals surface area contributed by atoms with Gasteiger partial charge in [-0.1, -0.05) is 36.8 Å². The SMILES string of the molecule is CC[C@H](NS(=O)(=O)c1ccc2c(c1)[C@@H](C)C(=O)N2)c1ccc(C)cc1. The monoisotopic (exact) mass is 358 g/mol. The second kappa shape index (κ2) is 6.61. The third-order valence-electron chi connectivity index (χ3n) is 4.64. The average molecular weight is 358 g/mol. The number of carbonyl (C=O) groups is 1. The Hall–Kier alpha value is -2.18. The fraction of sp³-hybridized carbons (Fsp3) is 0.316. The fourth-order valence-corrected chi connectivity index (χ4v) is 4.35. The molecule has 0 radical (unpaired) electrons. The molecular weight excluding hydrogens is 336 g/mol. The number of rotatable bonds is 5. The third-order valence-corrected chi connectivity index (χ3v) is 6.11. The predicted octanol–water partition coefficient (Wildman–Crippen LogP) is 3.48. The van der Waals surface area contributed by atoms with E-state index in [1.54, 1.807) is 19.1 Å². The zero-order chi connectivity index (χ0) is 18.2. The van der Waals surface area contributed by atoms with Crippen molar-refractivity contribution >= 4 is 21.6 Å². The Labute approximate surface area is 148 Å². The number of hydrogen-bond acceptors (Lipinski definition) is 3. The largest absolute Gasteiger partial charge is 0.325 e. The maximum Gasteiger partial charge on any atom is 0.241 e. The van der Waals surface area contributed by atoms with Crippen LogP contribution in [0.2, 0.25) is 0 Å². The zero-order valence-corrected chi connectivity index (χ0v) is 15.4. The normalized spacial score (nSPS) is 17.9. The van der Waals surface area contributed by atoms with Crippen LogP contribution in [-0.4, -0.2) is 14.3 Å². The van der Waals surface area contributed by atoms with Gasteiger partial charge in [-0.3, -0.25) is 4.79 Å². The molecule has 0 saturated carbocycles. The van der Waals surface area contributed by atoms with Crippen molar-refractivity contribution in [2.24, 2.45) is 0 Å². The second-order valence-electron chi connectivity index (χ2n) is 6.45. The molecule has 0 saturated heterocycles. The second-order valence-corrected chi connectivity index (χ2v) is 8.17. The summed E-state index contributed by atoms with van der Waals surface area (Å²) < 4.78 is 28.4. The van der Waals surface area contributed by atoms with Crippen LogP contribution in [0.4, 0.5) is 5.69 Å². The van der Waals surface area contributed by atoms with E-state index in [0.717, 1.165) is 16.7 Å². The molecule has 0 unspecified atom stereocenters. The van der Waals surface area contributed by atoms with Crippen LogP contribution in [0.25, 0.3) is 0 Å². The first-order valence-electron chi connectivity index (χ1n) is 8.35. The molecule has 6 heteroatoms. The van der Waals surface area contributed by atoms with Gasteiger partial charge in [-0.2, -0.15) is 0 Å². The molecule has 0 aliphatic carbocycles. The summed E-state index contributed by atoms with van der Waals surface area (Å²) in [6, 6.07) is 12.3. The number of nitrogens with one attached hydrogen (secondary N) is 2. The quantitative estimate of drug-likeness (QED) is 0.859. The van der Waals surface area contributed by atoms with Crippen LogP contribution >= 0.6 is 0 Å². The maximum atomic E-state index is 12.8. The van der Waals surface area contributed by atoms with Crippen molar-refractivity contribution in [2.45, 2.75) is 44.0 Å². The van der Waals surface area contributed by atoms with Crippen molar-refractivity contribution in [3.8, 4) is 0 Å². The molecule has 5 nitrogen and oxygen atoms in total. The summed E-state index contributed by atoms with van der Waals surface area (Å²) >= 11 is 0. The molecule has 132 valence electrons. The lowest BCUT2D eigenvalue weighted by atomic mass is 10.0. The van der Waals surface area contributed by atoms with E-state index in [-0.39, 0.29) is 22.8 Å². The Kier molecular flexibility index (Phi) is 4.67. The van der Waals surface area contributed by atoms with Crippen LogP contribution in [0.1, 0.15) is 48.9 Å². The summed E-state index contributed by atoms with van der Waals surface area (Å²) in [6.45, 7) is 5.71. The van der Waals surface area contributed by atoms with Gasteiger partial charge in [-0.25, -0.2) is 13.1 Å². The van der Waals surface area contributed by atoms with Gasteiger partial charge in [0.15, 0.2) is 0 Å². The summed E-state index contributed by atoms with van der Waals surface area (Å²) in [6.07, 6.45) is 0.643. The molecule has 2 atom stereocenters. The summed E-state index contributed by atoms with van der Waals surface area (Å²) in [5, 5.41) is 2.75. The number of anilines is 1. The molecule has 25 heavy (non-hydrogen) atoms. The zero-order valence-electron chi connectivity index (χ0n) is 14.5. The first-order valence-corrected chi connectivity index (χ1v) is 9.84. The van der Waals surface area contributed by atoms with E-state index in [1.807, 2.05) is 38.1 Å². The number of sulfonamides is 1. The van der Waals surface area contributed by atoms with E-state index in [0.29, 0.717) is 12.1 Å². The molecule has 0 bridgehead atoms. The molecule has 2 aromatic carbocycles. The highest BCUT2D eigenvalue weighted by Gasteiger charge is 2.29. The summed E-state index contributed by atoms with van der Waals surface area (Å²) in [7, 11) is -3.68. The Balaban J connectivity index is 1.89. The minimum absolute atomic E-state index is 0.108. The van der Waals surface area contributed by atoms with E-state index < -0.39 is 10.0 Å². The van der Waals surface area contributed by atoms with E-state index in [1.165, 1.54) is 6.07 Å². The first kappa shape index (κ1) is 17.6. The summed E-state index contributed by atoms with van der Waals surface area (Å²) in [5.74, 6) is -0.451. The lowest BCUT2D eigenvalue weighted by Crippen LogP contribution is -2.28. The number of amides is 1. The highest BCUT2D eigenvalue weighted by molar-refractivity contribution is 7.89. The van der Waals surface area contributed by atoms with Gasteiger partial charge in [0.1, 0.15) is 0 Å². The number of fused-ring (bicyclic) bond motifs is 1. The fourth-order valence-electron chi connectivity index (χ4n) is 3.00. The maximum absolute atomic E-state index is 12.8. The minimum Gasteiger partial charge on any atom is -0.325 e. The van der Waals surface area contributed by atoms with Crippen LogP contribution in [0, 0.1) is 6.92 Å². The van der Waals surface area contributed by atoms with Crippen LogP contribution in [0.5, 0.6) is 0 Å². The van der Waals surface area contributed by atoms with Gasteiger partial charge in [0, 0.05) is 11.7 Å². The molecule has 2 N–H and O–H groups in total. The van der Waals surface area contributed by atoms with E-state index in [2.05, 4.69) is 10.0 Å². The van der Waals surface area contributed by atoms with Crippen molar-refractivity contribution in [3.63, 3.8) is 0 Å². The molecule has 0 aromatic heterocycles. The van der Waals surface area contributed by atoms with Gasteiger partial charge in [0.05, 0.1) is 10.8 Å². The van der Waals surface area contributed by atoms with E-state index in [9.17, 15) is 13.2 Å². The topological polar surface area (TPSA) is 75.3 Å². The highest BCUT2D eigenvalue weighted by Crippen LogP contribution is 2.34. The van der Waals surface area contributed by atoms with Gasteiger partial charge in [-0.15, -0.1) is 0 Å². The van der Waals surface area contributed by atoms with Gasteiger partial charge in [0.25, 0.3) is 0 Å². The molecule has 0 spiro atoms. The number of benzene rings is 2. The van der Waals surface area contributed by atoms with Gasteiger partial charge in [-0.05, 0) is 49.6 Å². The molecular formula is C19H22N2O3S. The first-order chi connectivity index (χ1) is 11.8. The average Bonchev–Trinajstić information content (AvgIpc) is 2.87. The summed E-state index contributed by atoms with van der Waals surface area (Å²) in [5.41, 5.74) is 3.47.